The minimum atomic E-state index is -4.66. The van der Waals surface area contributed by atoms with Gasteiger partial charge in [0.1, 0.15) is 0 Å². The molecule has 17 heteroatoms. The molecule has 4 amide bonds. The van der Waals surface area contributed by atoms with Crippen LogP contribution in [0.5, 0.6) is 0 Å². The third-order valence-corrected chi connectivity index (χ3v) is 7.57. The Balaban J connectivity index is 0.00000337. The fourth-order valence-corrected chi connectivity index (χ4v) is 4.69. The summed E-state index contributed by atoms with van der Waals surface area (Å²) in [7, 11) is -9.31. The number of urea groups is 1. The molecule has 6 N–H and O–H groups in total. The number of anilines is 4. The number of benzene rings is 4. The molecule has 216 valence electrons. The summed E-state index contributed by atoms with van der Waals surface area (Å²) in [6.07, 6.45) is 0. The summed E-state index contributed by atoms with van der Waals surface area (Å²) < 4.78 is 22.4. The van der Waals surface area contributed by atoms with Gasteiger partial charge in [-0.3, -0.25) is 9.59 Å². The van der Waals surface area contributed by atoms with Crippen molar-refractivity contribution in [3.05, 3.63) is 108 Å². The first-order chi connectivity index (χ1) is 19.8. The normalized spacial score (nSPS) is 13.0. The van der Waals surface area contributed by atoms with E-state index in [9.17, 15) is 33.3 Å². The van der Waals surface area contributed by atoms with Crippen LogP contribution in [0.25, 0.3) is 0 Å². The second-order valence-corrected chi connectivity index (χ2v) is 11.9. The molecule has 0 aromatic heterocycles. The van der Waals surface area contributed by atoms with Crippen LogP contribution in [0.2, 0.25) is 0 Å². The zero-order valence-corrected chi connectivity index (χ0v) is 29.2. The summed E-state index contributed by atoms with van der Waals surface area (Å²) in [5.41, 5.74) is 1.52. The molecule has 0 aliphatic rings. The molecule has 4 aromatic carbocycles. The van der Waals surface area contributed by atoms with Gasteiger partial charge in [-0.05, 0) is 84.9 Å². The van der Waals surface area contributed by atoms with Crippen molar-refractivity contribution in [3.63, 3.8) is 0 Å². The van der Waals surface area contributed by atoms with E-state index >= 15 is 0 Å². The molecule has 13 nitrogen and oxygen atoms in total. The molecule has 2 unspecified atom stereocenters. The molecular formula is C27H22N4Na2O9P2. The second-order valence-electron chi connectivity index (χ2n) is 8.78. The predicted molar refractivity (Wildman–Crippen MR) is 153 cm³/mol. The maximum absolute atomic E-state index is 12.6. The van der Waals surface area contributed by atoms with Crippen LogP contribution in [-0.4, -0.2) is 27.6 Å². The van der Waals surface area contributed by atoms with Crippen molar-refractivity contribution in [2.75, 3.05) is 21.3 Å². The van der Waals surface area contributed by atoms with Gasteiger partial charge in [-0.25, -0.2) is 4.79 Å². The molecule has 0 heterocycles. The Bertz CT molecular complexity index is 1620. The average Bonchev–Trinajstić information content (AvgIpc) is 2.93. The van der Waals surface area contributed by atoms with E-state index < -0.39 is 33.0 Å². The van der Waals surface area contributed by atoms with Crippen LogP contribution in [0.1, 0.15) is 20.7 Å². The number of hydrogen-bond donors (Lipinski definition) is 6. The number of carbonyl (C=O) groups excluding carboxylic acids is 3. The minimum absolute atomic E-state index is 0. The van der Waals surface area contributed by atoms with Crippen LogP contribution in [0.4, 0.5) is 27.5 Å². The summed E-state index contributed by atoms with van der Waals surface area (Å²) in [6, 6.07) is 21.2. The summed E-state index contributed by atoms with van der Waals surface area (Å²) >= 11 is 0. The third-order valence-electron chi connectivity index (χ3n) is 5.67. The van der Waals surface area contributed by atoms with E-state index in [1.807, 2.05) is 0 Å². The summed E-state index contributed by atoms with van der Waals surface area (Å²) in [4.78, 5) is 78.4. The number of rotatable bonds is 8. The van der Waals surface area contributed by atoms with Crippen LogP contribution in [0.3, 0.4) is 0 Å². The van der Waals surface area contributed by atoms with E-state index in [0.29, 0.717) is 0 Å². The summed E-state index contributed by atoms with van der Waals surface area (Å²) in [5.74, 6) is -1.07. The van der Waals surface area contributed by atoms with Crippen molar-refractivity contribution in [2.24, 2.45) is 0 Å². The summed E-state index contributed by atoms with van der Waals surface area (Å²) in [5, 5.41) is 9.75. The topological polar surface area (TPSA) is 220 Å². The number of amides is 4. The zero-order chi connectivity index (χ0) is 30.5. The van der Waals surface area contributed by atoms with Gasteiger partial charge >= 0.3 is 65.1 Å². The van der Waals surface area contributed by atoms with Gasteiger partial charge in [0.15, 0.2) is 15.2 Å². The van der Waals surface area contributed by atoms with E-state index in [1.165, 1.54) is 48.5 Å². The molecule has 4 aromatic rings. The van der Waals surface area contributed by atoms with Crippen LogP contribution in [0.15, 0.2) is 97.1 Å². The first-order valence-corrected chi connectivity index (χ1v) is 15.1. The van der Waals surface area contributed by atoms with Crippen LogP contribution < -0.4 is 101 Å². The van der Waals surface area contributed by atoms with E-state index in [2.05, 4.69) is 21.3 Å². The van der Waals surface area contributed by atoms with Crippen molar-refractivity contribution in [2.45, 2.75) is 0 Å². The van der Waals surface area contributed by atoms with Gasteiger partial charge in [0.25, 0.3) is 11.8 Å². The minimum Gasteiger partial charge on any atom is -0.775 e. The quantitative estimate of drug-likeness (QED) is 0.0809. The van der Waals surface area contributed by atoms with E-state index in [1.54, 1.807) is 24.3 Å². The van der Waals surface area contributed by atoms with Gasteiger partial charge in [-0.1, -0.05) is 12.1 Å². The molecule has 0 radical (unpaired) electrons. The van der Waals surface area contributed by atoms with Crippen molar-refractivity contribution < 1.29 is 102 Å². The van der Waals surface area contributed by atoms with Gasteiger partial charge in [0.2, 0.25) is 0 Å². The fraction of sp³-hybridized carbons (Fsp3) is 0. The molecule has 0 spiro atoms. The number of hydrogen-bond acceptors (Lipinski definition) is 7. The van der Waals surface area contributed by atoms with Crippen LogP contribution >= 0.6 is 15.2 Å². The molecule has 0 saturated carbocycles. The standard InChI is InChI=1S/C27H24N4O9P2.2Na/c32-25(28-19-7-11-23(12-8-19)41(35,36)37)17-3-1-5-21(15-17)30-27(34)31-22-6-2-4-18(16-22)26(33)29-20-9-13-24(14-10-20)42(38,39)40;;/h1-16H,(H,28,32)(H,29,33)(H2,30,31,34)(H2,35,36,37)(H2,38,39,40);;/q;2*+1/p-2. The van der Waals surface area contributed by atoms with Gasteiger partial charge in [0, 0.05) is 44.5 Å². The van der Waals surface area contributed by atoms with Crippen LogP contribution in [-0.2, 0) is 9.13 Å². The Labute approximate surface area is 295 Å². The Morgan fingerprint density at radius 3 is 1.18 bits per heavy atom. The molecule has 4 rings (SSSR count). The molecule has 2 atom stereocenters. The van der Waals surface area contributed by atoms with Gasteiger partial charge in [0.05, 0.1) is 0 Å². The Hall–Kier alpha value is -2.61. The van der Waals surface area contributed by atoms with Crippen molar-refractivity contribution in [3.8, 4) is 0 Å². The maximum atomic E-state index is 12.6. The van der Waals surface area contributed by atoms with Gasteiger partial charge < -0.3 is 50.0 Å². The molecule has 0 aliphatic carbocycles. The number of carbonyl (C=O) groups is 3. The molecule has 0 bridgehead atoms. The largest absolute Gasteiger partial charge is 1.00 e. The Morgan fingerprint density at radius 1 is 0.523 bits per heavy atom. The Morgan fingerprint density at radius 2 is 0.864 bits per heavy atom. The summed E-state index contributed by atoms with van der Waals surface area (Å²) in [6.45, 7) is 0. The van der Waals surface area contributed by atoms with E-state index in [0.717, 1.165) is 24.3 Å². The van der Waals surface area contributed by atoms with Crippen LogP contribution in [0, 0.1) is 0 Å². The van der Waals surface area contributed by atoms with Crippen molar-refractivity contribution >= 4 is 66.4 Å². The van der Waals surface area contributed by atoms with Gasteiger partial charge in [-0.15, -0.1) is 0 Å². The molecule has 44 heavy (non-hydrogen) atoms. The van der Waals surface area contributed by atoms with Gasteiger partial charge in [-0.2, -0.15) is 0 Å². The predicted octanol–water partition coefficient (Wildman–Crippen LogP) is -3.81. The van der Waals surface area contributed by atoms with E-state index in [-0.39, 0.29) is 104 Å². The SMILES string of the molecule is O=C(Nc1cccc(C(=O)Nc2ccc(P(=O)([O-])O)cc2)c1)Nc1cccc(C(=O)Nc2ccc(P(=O)([O-])O)cc2)c1.[Na+].[Na+]. The molecule has 0 saturated heterocycles. The zero-order valence-electron chi connectivity index (χ0n) is 23.4. The molecular weight excluding hydrogens is 632 g/mol. The molecule has 0 fully saturated rings. The first-order valence-electron chi connectivity index (χ1n) is 12.0. The maximum Gasteiger partial charge on any atom is 1.00 e. The van der Waals surface area contributed by atoms with E-state index in [4.69, 9.17) is 9.79 Å². The van der Waals surface area contributed by atoms with Crippen molar-refractivity contribution in [1.29, 1.82) is 0 Å². The van der Waals surface area contributed by atoms with Crippen molar-refractivity contribution in [1.82, 2.24) is 0 Å². The third kappa shape index (κ3) is 10.8. The fourth-order valence-electron chi connectivity index (χ4n) is 3.64. The first kappa shape index (κ1) is 37.6. The Kier molecular flexibility index (Phi) is 13.7. The smallest absolute Gasteiger partial charge is 0.775 e. The average molecular weight is 654 g/mol. The molecule has 0 aliphatic heterocycles. The number of nitrogens with one attached hydrogen (secondary N) is 4. The monoisotopic (exact) mass is 654 g/mol. The second kappa shape index (κ2) is 16.1.